The Labute approximate surface area is 187 Å². The summed E-state index contributed by atoms with van der Waals surface area (Å²) in [4.78, 5) is 18.9. The lowest BCUT2D eigenvalue weighted by molar-refractivity contribution is 0.0956. The molecule has 0 bridgehead atoms. The van der Waals surface area contributed by atoms with E-state index >= 15 is 0 Å². The molecule has 0 radical (unpaired) electrons. The Hall–Kier alpha value is -3.31. The topological polar surface area (TPSA) is 54.0 Å². The highest BCUT2D eigenvalue weighted by Gasteiger charge is 2.13. The van der Waals surface area contributed by atoms with Gasteiger partial charge in [-0.15, -0.1) is 11.8 Å². The van der Waals surface area contributed by atoms with Crippen LogP contribution in [0, 0.1) is 6.92 Å². The molecule has 0 unspecified atom stereocenters. The highest BCUT2D eigenvalue weighted by atomic mass is 32.2. The number of pyridine rings is 1. The second-order valence-corrected chi connectivity index (χ2v) is 8.30. The number of hydrogen-bond donors (Lipinski definition) is 2. The van der Waals surface area contributed by atoms with Crippen molar-refractivity contribution in [3.05, 3.63) is 95.6 Å². The number of thioether (sulfide) groups is 1. The van der Waals surface area contributed by atoms with Crippen molar-refractivity contribution >= 4 is 40.1 Å². The molecule has 0 aliphatic heterocycles. The van der Waals surface area contributed by atoms with Crippen molar-refractivity contribution in [1.82, 2.24) is 10.3 Å². The molecule has 1 heterocycles. The number of anilines is 2. The molecule has 0 aliphatic rings. The van der Waals surface area contributed by atoms with Crippen molar-refractivity contribution in [1.29, 1.82) is 0 Å². The molecule has 0 fully saturated rings. The van der Waals surface area contributed by atoms with Crippen LogP contribution in [0.25, 0.3) is 10.9 Å². The third-order valence-corrected chi connectivity index (χ3v) is 5.81. The van der Waals surface area contributed by atoms with Crippen molar-refractivity contribution < 1.29 is 4.79 Å². The predicted octanol–water partition coefficient (Wildman–Crippen LogP) is 5.98. The van der Waals surface area contributed by atoms with Crippen LogP contribution in [0.5, 0.6) is 0 Å². The Morgan fingerprint density at radius 3 is 2.65 bits per heavy atom. The summed E-state index contributed by atoms with van der Waals surface area (Å²) in [6.07, 6.45) is 2.84. The van der Waals surface area contributed by atoms with Gasteiger partial charge in [-0.3, -0.25) is 4.79 Å². The predicted molar refractivity (Wildman–Crippen MR) is 130 cm³/mol. The number of hydrogen-bond acceptors (Lipinski definition) is 4. The summed E-state index contributed by atoms with van der Waals surface area (Å²) in [5.41, 5.74) is 4.80. The third-order valence-electron chi connectivity index (χ3n) is 5.08. The molecule has 31 heavy (non-hydrogen) atoms. The highest BCUT2D eigenvalue weighted by molar-refractivity contribution is 7.98. The molecule has 1 aromatic heterocycles. The molecule has 0 aliphatic carbocycles. The smallest absolute Gasteiger partial charge is 0.252 e. The second-order valence-electron chi connectivity index (χ2n) is 7.42. The van der Waals surface area contributed by atoms with Gasteiger partial charge in [-0.25, -0.2) is 4.98 Å². The number of para-hydroxylation sites is 1. The van der Waals surface area contributed by atoms with E-state index in [2.05, 4.69) is 47.9 Å². The molecule has 0 saturated carbocycles. The van der Waals surface area contributed by atoms with Crippen LogP contribution < -0.4 is 10.6 Å². The van der Waals surface area contributed by atoms with Crippen molar-refractivity contribution in [3.63, 3.8) is 0 Å². The summed E-state index contributed by atoms with van der Waals surface area (Å²) >= 11 is 1.69. The zero-order valence-electron chi connectivity index (χ0n) is 17.7. The first-order valence-electron chi connectivity index (χ1n) is 10.3. The molecule has 0 spiro atoms. The number of rotatable bonds is 7. The summed E-state index contributed by atoms with van der Waals surface area (Å²) in [6, 6.07) is 26.1. The van der Waals surface area contributed by atoms with Crippen molar-refractivity contribution in [2.75, 3.05) is 18.1 Å². The Kier molecular flexibility index (Phi) is 6.53. The van der Waals surface area contributed by atoms with Gasteiger partial charge in [0.1, 0.15) is 5.82 Å². The van der Waals surface area contributed by atoms with Gasteiger partial charge in [0.2, 0.25) is 0 Å². The van der Waals surface area contributed by atoms with Crippen molar-refractivity contribution in [2.45, 2.75) is 18.2 Å². The minimum atomic E-state index is -0.0906. The second kappa shape index (κ2) is 9.67. The minimum absolute atomic E-state index is 0.0906. The zero-order chi connectivity index (χ0) is 21.6. The summed E-state index contributed by atoms with van der Waals surface area (Å²) < 4.78 is 0. The molecule has 1 amide bonds. The van der Waals surface area contributed by atoms with E-state index in [1.807, 2.05) is 54.8 Å². The summed E-state index contributed by atoms with van der Waals surface area (Å²) in [5.74, 6) is 0.563. The maximum absolute atomic E-state index is 13.1. The minimum Gasteiger partial charge on any atom is -0.352 e. The normalized spacial score (nSPS) is 10.8. The molecular weight excluding hydrogens is 402 g/mol. The van der Waals surface area contributed by atoms with Crippen molar-refractivity contribution in [3.8, 4) is 0 Å². The van der Waals surface area contributed by atoms with Gasteiger partial charge in [-0.2, -0.15) is 0 Å². The van der Waals surface area contributed by atoms with Gasteiger partial charge in [0, 0.05) is 22.5 Å². The molecule has 0 saturated heterocycles. The van der Waals surface area contributed by atoms with E-state index in [-0.39, 0.29) is 5.91 Å². The van der Waals surface area contributed by atoms with E-state index < -0.39 is 0 Å². The summed E-state index contributed by atoms with van der Waals surface area (Å²) in [7, 11) is 0. The fraction of sp³-hybridized carbons (Fsp3) is 0.154. The van der Waals surface area contributed by atoms with Crippen LogP contribution in [0.15, 0.2) is 83.8 Å². The number of benzene rings is 3. The third kappa shape index (κ3) is 5.25. The van der Waals surface area contributed by atoms with Gasteiger partial charge in [0.05, 0.1) is 11.1 Å². The first kappa shape index (κ1) is 20.9. The molecule has 4 nitrogen and oxygen atoms in total. The van der Waals surface area contributed by atoms with Crippen LogP contribution in [0.2, 0.25) is 0 Å². The van der Waals surface area contributed by atoms with E-state index in [0.29, 0.717) is 17.9 Å². The Balaban J connectivity index is 1.56. The van der Waals surface area contributed by atoms with Crippen LogP contribution in [0.1, 0.15) is 21.5 Å². The number of amides is 1. The van der Waals surface area contributed by atoms with Gasteiger partial charge in [-0.1, -0.05) is 54.1 Å². The SMILES string of the molecule is CSc1cccc(Nc2cc(C(=O)NCCc3cccc(C)c3)c3ccccc3n2)c1. The van der Waals surface area contributed by atoms with E-state index in [1.54, 1.807) is 11.8 Å². The molecule has 156 valence electrons. The zero-order valence-corrected chi connectivity index (χ0v) is 18.5. The fourth-order valence-corrected chi connectivity index (χ4v) is 4.02. The Bertz CT molecular complexity index is 1220. The Morgan fingerprint density at radius 2 is 1.81 bits per heavy atom. The Morgan fingerprint density at radius 1 is 0.968 bits per heavy atom. The number of carbonyl (C=O) groups is 1. The van der Waals surface area contributed by atoms with Crippen LogP contribution in [0.3, 0.4) is 0 Å². The molecule has 0 atom stereocenters. The number of nitrogens with one attached hydrogen (secondary N) is 2. The van der Waals surface area contributed by atoms with E-state index in [1.165, 1.54) is 16.0 Å². The lowest BCUT2D eigenvalue weighted by Gasteiger charge is -2.12. The molecule has 4 rings (SSSR count). The van der Waals surface area contributed by atoms with Gasteiger partial charge in [-0.05, 0) is 55.5 Å². The fourth-order valence-electron chi connectivity index (χ4n) is 3.56. The van der Waals surface area contributed by atoms with Crippen molar-refractivity contribution in [2.24, 2.45) is 0 Å². The lowest BCUT2D eigenvalue weighted by Crippen LogP contribution is -2.26. The quantitative estimate of drug-likeness (QED) is 0.356. The standard InChI is InChI=1S/C26H25N3OS/c1-18-7-5-8-19(15-18)13-14-27-26(30)23-17-25(29-24-12-4-3-11-22(23)24)28-20-9-6-10-21(16-20)31-2/h3-12,15-17H,13-14H2,1-2H3,(H,27,30)(H,28,29). The number of aryl methyl sites for hydroxylation is 1. The highest BCUT2D eigenvalue weighted by Crippen LogP contribution is 2.25. The number of carbonyl (C=O) groups excluding carboxylic acids is 1. The van der Waals surface area contributed by atoms with Gasteiger partial charge >= 0.3 is 0 Å². The average Bonchev–Trinajstić information content (AvgIpc) is 2.78. The number of fused-ring (bicyclic) bond motifs is 1. The monoisotopic (exact) mass is 427 g/mol. The molecule has 5 heteroatoms. The molecule has 2 N–H and O–H groups in total. The first-order chi connectivity index (χ1) is 15.1. The van der Waals surface area contributed by atoms with E-state index in [9.17, 15) is 4.79 Å². The van der Waals surface area contributed by atoms with Gasteiger partial charge in [0.15, 0.2) is 0 Å². The molecule has 3 aromatic carbocycles. The maximum atomic E-state index is 13.1. The van der Waals surface area contributed by atoms with Gasteiger partial charge in [0.25, 0.3) is 5.91 Å². The summed E-state index contributed by atoms with van der Waals surface area (Å²) in [5, 5.41) is 7.27. The average molecular weight is 428 g/mol. The number of nitrogens with zero attached hydrogens (tertiary/aromatic N) is 1. The lowest BCUT2D eigenvalue weighted by atomic mass is 10.1. The molecule has 4 aromatic rings. The largest absolute Gasteiger partial charge is 0.352 e. The van der Waals surface area contributed by atoms with Crippen LogP contribution in [-0.4, -0.2) is 23.7 Å². The van der Waals surface area contributed by atoms with E-state index in [0.717, 1.165) is 23.0 Å². The summed E-state index contributed by atoms with van der Waals surface area (Å²) in [6.45, 7) is 2.66. The number of aromatic nitrogens is 1. The first-order valence-corrected chi connectivity index (χ1v) is 11.5. The van der Waals surface area contributed by atoms with Crippen LogP contribution in [0.4, 0.5) is 11.5 Å². The maximum Gasteiger partial charge on any atom is 0.252 e. The van der Waals surface area contributed by atoms with Gasteiger partial charge < -0.3 is 10.6 Å². The van der Waals surface area contributed by atoms with E-state index in [4.69, 9.17) is 4.98 Å². The van der Waals surface area contributed by atoms with Crippen LogP contribution >= 0.6 is 11.8 Å². The molecular formula is C26H25N3OS. The van der Waals surface area contributed by atoms with Crippen LogP contribution in [-0.2, 0) is 6.42 Å².